The summed E-state index contributed by atoms with van der Waals surface area (Å²) >= 11 is 3.47. The number of benzene rings is 1. The van der Waals surface area contributed by atoms with Gasteiger partial charge in [-0.2, -0.15) is 0 Å². The first-order valence-corrected chi connectivity index (χ1v) is 6.84. The maximum Gasteiger partial charge on any atom is 0.407 e. The molecule has 96 valence electrons. The van der Waals surface area contributed by atoms with E-state index >= 15 is 0 Å². The van der Waals surface area contributed by atoms with Crippen molar-refractivity contribution < 1.29 is 14.6 Å². The smallest absolute Gasteiger partial charge is 0.407 e. The largest absolute Gasteiger partial charge is 0.493 e. The number of amides is 1. The van der Waals surface area contributed by atoms with Gasteiger partial charge in [0, 0.05) is 29.0 Å². The third-order valence-electron chi connectivity index (χ3n) is 3.83. The summed E-state index contributed by atoms with van der Waals surface area (Å²) in [5.41, 5.74) is 1.13. The summed E-state index contributed by atoms with van der Waals surface area (Å²) in [6.45, 7) is 1.87. The van der Waals surface area contributed by atoms with E-state index in [1.807, 2.05) is 12.1 Å². The number of rotatable bonds is 0. The van der Waals surface area contributed by atoms with E-state index in [0.29, 0.717) is 25.6 Å². The highest BCUT2D eigenvalue weighted by Gasteiger charge is 2.38. The molecule has 1 fully saturated rings. The van der Waals surface area contributed by atoms with Crippen LogP contribution in [0.15, 0.2) is 22.7 Å². The summed E-state index contributed by atoms with van der Waals surface area (Å²) in [6, 6.07) is 5.98. The van der Waals surface area contributed by atoms with Crippen LogP contribution >= 0.6 is 15.9 Å². The molecular formula is C13H14BrNO3. The number of ether oxygens (including phenoxy) is 1. The molecule has 2 aliphatic heterocycles. The molecule has 4 nitrogen and oxygen atoms in total. The number of nitrogens with zero attached hydrogens (tertiary/aromatic N) is 1. The van der Waals surface area contributed by atoms with Crippen molar-refractivity contribution in [2.75, 3.05) is 19.7 Å². The molecule has 18 heavy (non-hydrogen) atoms. The Kier molecular flexibility index (Phi) is 2.93. The number of carbonyl (C=O) groups is 1. The zero-order chi connectivity index (χ0) is 12.7. The Bertz CT molecular complexity index is 491. The van der Waals surface area contributed by atoms with Gasteiger partial charge in [0.1, 0.15) is 5.75 Å². The quantitative estimate of drug-likeness (QED) is 0.801. The van der Waals surface area contributed by atoms with E-state index in [-0.39, 0.29) is 5.92 Å². The van der Waals surface area contributed by atoms with Gasteiger partial charge in [0.15, 0.2) is 0 Å². The molecule has 1 N–H and O–H groups in total. The second kappa shape index (κ2) is 4.46. The fourth-order valence-corrected chi connectivity index (χ4v) is 3.31. The summed E-state index contributed by atoms with van der Waals surface area (Å²) in [6.07, 6.45) is 0.0985. The summed E-state index contributed by atoms with van der Waals surface area (Å²) < 4.78 is 6.76. The Morgan fingerprint density at radius 2 is 2.28 bits per heavy atom. The molecule has 1 aromatic carbocycles. The predicted octanol–water partition coefficient (Wildman–Crippen LogP) is 2.93. The predicted molar refractivity (Wildman–Crippen MR) is 70.1 cm³/mol. The molecule has 1 saturated heterocycles. The lowest BCUT2D eigenvalue weighted by Gasteiger charge is -2.16. The summed E-state index contributed by atoms with van der Waals surface area (Å²) in [4.78, 5) is 12.6. The molecule has 0 unspecified atom stereocenters. The second-order valence-corrected chi connectivity index (χ2v) is 5.79. The van der Waals surface area contributed by atoms with Gasteiger partial charge in [0.2, 0.25) is 0 Å². The Morgan fingerprint density at radius 3 is 3.06 bits per heavy atom. The molecular weight excluding hydrogens is 298 g/mol. The standard InChI is InChI=1S/C13H14BrNO3/c14-9-1-2-12-10(5-9)11-7-15(13(16)17)6-8(11)3-4-18-12/h1-2,5,8,11H,3-4,6-7H2,(H,16,17)/t8-,11-/m1/s1. The molecule has 5 heteroatoms. The molecule has 1 amide bonds. The van der Waals surface area contributed by atoms with Crippen LogP contribution in [-0.4, -0.2) is 35.8 Å². The Balaban J connectivity index is 1.97. The summed E-state index contributed by atoms with van der Waals surface area (Å²) in [5.74, 6) is 1.53. The normalized spacial score (nSPS) is 25.9. The highest BCUT2D eigenvalue weighted by molar-refractivity contribution is 9.10. The van der Waals surface area contributed by atoms with Crippen molar-refractivity contribution >= 4 is 22.0 Å². The van der Waals surface area contributed by atoms with Crippen molar-refractivity contribution in [2.24, 2.45) is 5.92 Å². The topological polar surface area (TPSA) is 49.8 Å². The average Bonchev–Trinajstić information content (AvgIpc) is 2.68. The third-order valence-corrected chi connectivity index (χ3v) is 4.32. The molecule has 2 aliphatic rings. The van der Waals surface area contributed by atoms with Crippen LogP contribution in [0.4, 0.5) is 4.79 Å². The van der Waals surface area contributed by atoms with E-state index in [9.17, 15) is 4.79 Å². The Hall–Kier alpha value is -1.23. The van der Waals surface area contributed by atoms with E-state index in [1.54, 1.807) is 0 Å². The summed E-state index contributed by atoms with van der Waals surface area (Å²) in [5, 5.41) is 9.12. The van der Waals surface area contributed by atoms with Crippen LogP contribution in [0.25, 0.3) is 0 Å². The summed E-state index contributed by atoms with van der Waals surface area (Å²) in [7, 11) is 0. The number of carboxylic acid groups (broad SMARTS) is 1. The highest BCUT2D eigenvalue weighted by atomic mass is 79.9. The van der Waals surface area contributed by atoms with Gasteiger partial charge >= 0.3 is 6.09 Å². The van der Waals surface area contributed by atoms with Gasteiger partial charge in [-0.1, -0.05) is 15.9 Å². The van der Waals surface area contributed by atoms with E-state index in [0.717, 1.165) is 22.2 Å². The minimum absolute atomic E-state index is 0.260. The van der Waals surface area contributed by atoms with Crippen LogP contribution in [0, 0.1) is 5.92 Å². The lowest BCUT2D eigenvalue weighted by atomic mass is 9.87. The molecule has 0 saturated carbocycles. The number of hydrogen-bond acceptors (Lipinski definition) is 2. The molecule has 0 bridgehead atoms. The molecule has 2 heterocycles. The fraction of sp³-hybridized carbons (Fsp3) is 0.462. The van der Waals surface area contributed by atoms with E-state index < -0.39 is 6.09 Å². The molecule has 0 aromatic heterocycles. The van der Waals surface area contributed by atoms with Crippen molar-refractivity contribution in [2.45, 2.75) is 12.3 Å². The Labute approximate surface area is 114 Å². The van der Waals surface area contributed by atoms with Gasteiger partial charge in [0.25, 0.3) is 0 Å². The first-order valence-electron chi connectivity index (χ1n) is 6.05. The molecule has 0 spiro atoms. The SMILES string of the molecule is O=C(O)N1C[C@H]2CCOc3ccc(Br)cc3[C@@H]2C1. The molecule has 3 rings (SSSR count). The molecule has 1 aromatic rings. The number of hydrogen-bond donors (Lipinski definition) is 1. The number of likely N-dealkylation sites (tertiary alicyclic amines) is 1. The minimum atomic E-state index is -0.819. The van der Waals surface area contributed by atoms with Crippen LogP contribution < -0.4 is 4.74 Å². The lowest BCUT2D eigenvalue weighted by Crippen LogP contribution is -2.27. The fourth-order valence-electron chi connectivity index (χ4n) is 2.93. The van der Waals surface area contributed by atoms with Gasteiger partial charge in [-0.15, -0.1) is 0 Å². The van der Waals surface area contributed by atoms with Crippen LogP contribution in [0.5, 0.6) is 5.75 Å². The molecule has 0 aliphatic carbocycles. The van der Waals surface area contributed by atoms with Crippen LogP contribution in [0.1, 0.15) is 17.9 Å². The zero-order valence-electron chi connectivity index (χ0n) is 9.80. The monoisotopic (exact) mass is 311 g/mol. The van der Waals surface area contributed by atoms with Gasteiger partial charge in [0.05, 0.1) is 6.61 Å². The van der Waals surface area contributed by atoms with Crippen LogP contribution in [-0.2, 0) is 0 Å². The van der Waals surface area contributed by atoms with Crippen molar-refractivity contribution in [3.63, 3.8) is 0 Å². The second-order valence-electron chi connectivity index (χ2n) is 4.87. The minimum Gasteiger partial charge on any atom is -0.493 e. The van der Waals surface area contributed by atoms with Gasteiger partial charge < -0.3 is 14.7 Å². The molecule has 2 atom stereocenters. The van der Waals surface area contributed by atoms with Crippen molar-refractivity contribution in [1.82, 2.24) is 4.90 Å². The number of fused-ring (bicyclic) bond motifs is 3. The maximum absolute atomic E-state index is 11.1. The first kappa shape index (κ1) is 11.8. The van der Waals surface area contributed by atoms with Crippen LogP contribution in [0.3, 0.4) is 0 Å². The van der Waals surface area contributed by atoms with Gasteiger partial charge in [-0.25, -0.2) is 4.79 Å². The van der Waals surface area contributed by atoms with Gasteiger partial charge in [-0.3, -0.25) is 0 Å². The maximum atomic E-state index is 11.1. The van der Waals surface area contributed by atoms with E-state index in [4.69, 9.17) is 9.84 Å². The Morgan fingerprint density at radius 1 is 1.44 bits per heavy atom. The zero-order valence-corrected chi connectivity index (χ0v) is 11.4. The first-order chi connectivity index (χ1) is 8.65. The van der Waals surface area contributed by atoms with Crippen LogP contribution in [0.2, 0.25) is 0 Å². The number of halogens is 1. The highest BCUT2D eigenvalue weighted by Crippen LogP contribution is 2.42. The average molecular weight is 312 g/mol. The van der Waals surface area contributed by atoms with E-state index in [2.05, 4.69) is 22.0 Å². The van der Waals surface area contributed by atoms with E-state index in [1.165, 1.54) is 4.90 Å². The third kappa shape index (κ3) is 1.96. The van der Waals surface area contributed by atoms with Gasteiger partial charge in [-0.05, 0) is 30.5 Å². The van der Waals surface area contributed by atoms with Crippen molar-refractivity contribution in [1.29, 1.82) is 0 Å². The van der Waals surface area contributed by atoms with Crippen molar-refractivity contribution in [3.05, 3.63) is 28.2 Å². The van der Waals surface area contributed by atoms with Crippen molar-refractivity contribution in [3.8, 4) is 5.75 Å². The lowest BCUT2D eigenvalue weighted by molar-refractivity contribution is 0.152. The molecule has 0 radical (unpaired) electrons.